The molecule has 0 aliphatic heterocycles. The van der Waals surface area contributed by atoms with Crippen molar-refractivity contribution in [2.75, 3.05) is 0 Å². The van der Waals surface area contributed by atoms with Gasteiger partial charge in [-0.05, 0) is 0 Å². The van der Waals surface area contributed by atoms with Gasteiger partial charge in [0, 0.05) is 17.1 Å². The first-order valence-corrected chi connectivity index (χ1v) is 3.67. The van der Waals surface area contributed by atoms with Crippen LogP contribution in [0.25, 0.3) is 0 Å². The average Bonchev–Trinajstić information content (AvgIpc) is 1.00. The van der Waals surface area contributed by atoms with Crippen molar-refractivity contribution in [2.45, 2.75) is 0 Å². The van der Waals surface area contributed by atoms with Gasteiger partial charge in [-0.25, -0.2) is 0 Å². The van der Waals surface area contributed by atoms with Crippen LogP contribution in [0.5, 0.6) is 0 Å². The van der Waals surface area contributed by atoms with Crippen LogP contribution in [0, 0.1) is 0 Å². The van der Waals surface area contributed by atoms with Crippen molar-refractivity contribution in [2.24, 2.45) is 0 Å². The Morgan fingerprint density at radius 2 is 0.833 bits per heavy atom. The normalized spacial score (nSPS) is 0.667. The molecule has 0 atom stereocenters. The van der Waals surface area contributed by atoms with E-state index >= 15 is 0 Å². The molecule has 0 spiro atoms. The summed E-state index contributed by atoms with van der Waals surface area (Å²) in [5, 5.41) is 0. The molecule has 0 saturated heterocycles. The Kier molecular flexibility index (Phi) is 796. The predicted molar refractivity (Wildman–Crippen MR) is 19.2 cm³/mol. The van der Waals surface area contributed by atoms with E-state index in [0.717, 1.165) is 0 Å². The quantitative estimate of drug-likeness (QED) is 0.566. The van der Waals surface area contributed by atoms with Gasteiger partial charge in [0.15, 0.2) is 0 Å². The summed E-state index contributed by atoms with van der Waals surface area (Å²) in [6.07, 6.45) is 0. The standard InChI is InChI=1S/Cu.3H2O.S.Sb/h;3*1H2;;/p-3. The molecule has 3 N–H and O–H groups in total. The van der Waals surface area contributed by atoms with E-state index in [9.17, 15) is 0 Å². The number of hydrogen-bond acceptors (Lipinski definition) is 4. The fraction of sp³-hybridized carbons (Fsp3) is 0. The molecule has 0 aromatic carbocycles. The van der Waals surface area contributed by atoms with Gasteiger partial charge in [0.05, 0.1) is 0 Å². The molecule has 6 heavy (non-hydrogen) atoms. The summed E-state index contributed by atoms with van der Waals surface area (Å²) in [5.41, 5.74) is 0. The molecule has 0 fully saturated rings. The molecule has 0 aliphatic carbocycles. The molecule has 0 bridgehead atoms. The fourth-order valence-corrected chi connectivity index (χ4v) is 0. The van der Waals surface area contributed by atoms with Crippen LogP contribution in [0.2, 0.25) is 0 Å². The third kappa shape index (κ3) is 51.8. The van der Waals surface area contributed by atoms with Crippen LogP contribution in [0.4, 0.5) is 0 Å². The van der Waals surface area contributed by atoms with Crippen LogP contribution in [0.3, 0.4) is 0 Å². The van der Waals surface area contributed by atoms with Crippen molar-refractivity contribution in [3.05, 3.63) is 0 Å². The van der Waals surface area contributed by atoms with Gasteiger partial charge in [0.25, 0.3) is 0 Å². The topological polar surface area (TPSA) is 90.0 Å². The van der Waals surface area contributed by atoms with Crippen molar-refractivity contribution in [3.8, 4) is 0 Å². The average molecular weight is 268 g/mol. The first-order chi connectivity index (χ1) is 1.00. The molecule has 0 amide bonds. The molecule has 0 heterocycles. The van der Waals surface area contributed by atoms with Crippen molar-refractivity contribution in [3.63, 3.8) is 0 Å². The van der Waals surface area contributed by atoms with Crippen LogP contribution in [0.1, 0.15) is 0 Å². The maximum absolute atomic E-state index is 4.13. The molecular formula is H3CuO3SSb-3. The second-order valence-corrected chi connectivity index (χ2v) is 0. The molecule has 46 valence electrons. The van der Waals surface area contributed by atoms with Gasteiger partial charge in [0.2, 0.25) is 0 Å². The molecule has 0 aliphatic rings. The molecule has 2 radical (unpaired) electrons. The van der Waals surface area contributed by atoms with Gasteiger partial charge >= 0.3 is 30.2 Å². The third-order valence-electron chi connectivity index (χ3n) is 0. The summed E-state index contributed by atoms with van der Waals surface area (Å²) in [4.78, 5) is 0. The Morgan fingerprint density at radius 1 is 0.833 bits per heavy atom. The Bertz CT molecular complexity index is 10.8. The Labute approximate surface area is 63.5 Å². The molecule has 0 saturated carbocycles. The van der Waals surface area contributed by atoms with E-state index in [-0.39, 0.29) is 33.5 Å². The van der Waals surface area contributed by atoms with E-state index in [1.807, 2.05) is 0 Å². The van der Waals surface area contributed by atoms with Gasteiger partial charge in [-0.2, -0.15) is 0 Å². The molecule has 0 aromatic rings. The Balaban J connectivity index is -0.000000000833. The monoisotopic (exact) mass is 267 g/mol. The summed E-state index contributed by atoms with van der Waals surface area (Å²) in [6, 6.07) is 0. The van der Waals surface area contributed by atoms with Crippen LogP contribution >= 0.6 is 9.19 Å². The van der Waals surface area contributed by atoms with Crippen molar-refractivity contribution in [1.82, 2.24) is 0 Å². The molecular weight excluding hydrogens is 265 g/mol. The van der Waals surface area contributed by atoms with Crippen molar-refractivity contribution in [1.29, 1.82) is 0 Å². The minimum absolute atomic E-state index is 0. The van der Waals surface area contributed by atoms with Gasteiger partial charge < -0.3 is 16.4 Å². The summed E-state index contributed by atoms with van der Waals surface area (Å²) < 4.78 is 0. The Morgan fingerprint density at radius 3 is 0.833 bits per heavy atom. The Hall–Kier alpha value is 1.44. The van der Waals surface area contributed by atoms with E-state index in [4.69, 9.17) is 0 Å². The van der Waals surface area contributed by atoms with E-state index in [1.54, 1.807) is 0 Å². The van der Waals surface area contributed by atoms with E-state index < -0.39 is 0 Å². The molecule has 3 nitrogen and oxygen atoms in total. The van der Waals surface area contributed by atoms with Gasteiger partial charge in [0.1, 0.15) is 0 Å². The van der Waals surface area contributed by atoms with E-state index in [1.165, 1.54) is 21.1 Å². The van der Waals surface area contributed by atoms with Crippen molar-refractivity contribution < 1.29 is 33.5 Å². The van der Waals surface area contributed by atoms with Crippen molar-refractivity contribution >= 4 is 30.2 Å². The maximum atomic E-state index is 4.13. The fourth-order valence-electron chi connectivity index (χ4n) is 0. The first kappa shape index (κ1) is 51.9. The van der Waals surface area contributed by atoms with Crippen LogP contribution in [-0.4, -0.2) is 37.5 Å². The molecule has 0 aromatic heterocycles. The summed E-state index contributed by atoms with van der Waals surface area (Å²) >= 11 is 1.33. The minimum atomic E-state index is 0. The second-order valence-electron chi connectivity index (χ2n) is 0. The zero-order valence-electron chi connectivity index (χ0n) is 2.50. The third-order valence-corrected chi connectivity index (χ3v) is 0. The second kappa shape index (κ2) is 92.1. The van der Waals surface area contributed by atoms with Gasteiger partial charge in [-0.1, -0.05) is 0 Å². The zero-order chi connectivity index (χ0) is 2.00. The molecule has 0 unspecified atom stereocenters. The zero-order valence-corrected chi connectivity index (χ0v) is 6.81. The first-order valence-electron chi connectivity index (χ1n) is 0.183. The summed E-state index contributed by atoms with van der Waals surface area (Å²) in [7, 11) is 4.13. The van der Waals surface area contributed by atoms with Gasteiger partial charge in [-0.15, -0.1) is 0 Å². The van der Waals surface area contributed by atoms with Crippen LogP contribution in [0.15, 0.2) is 0 Å². The van der Waals surface area contributed by atoms with Crippen LogP contribution in [-0.2, 0) is 17.1 Å². The SMILES string of the molecule is [Cu].[OH-].[OH-].[OH-].[S]=[Sb]. The van der Waals surface area contributed by atoms with E-state index in [2.05, 4.69) is 9.19 Å². The van der Waals surface area contributed by atoms with Gasteiger partial charge in [-0.3, -0.25) is 0 Å². The van der Waals surface area contributed by atoms with Crippen LogP contribution < -0.4 is 0 Å². The van der Waals surface area contributed by atoms with E-state index in [0.29, 0.717) is 0 Å². The molecule has 0 rings (SSSR count). The number of hydrogen-bond donors (Lipinski definition) is 0. The number of rotatable bonds is 0. The molecule has 6 heteroatoms. The predicted octanol–water partition coefficient (Wildman–Crippen LogP) is -0.266. The summed E-state index contributed by atoms with van der Waals surface area (Å²) in [6.45, 7) is 0. The summed E-state index contributed by atoms with van der Waals surface area (Å²) in [5.74, 6) is 0.